The van der Waals surface area contributed by atoms with Crippen molar-refractivity contribution in [3.8, 4) is 5.75 Å². The van der Waals surface area contributed by atoms with E-state index >= 15 is 0 Å². The van der Waals surface area contributed by atoms with Crippen molar-refractivity contribution >= 4 is 21.4 Å². The highest BCUT2D eigenvalue weighted by Crippen LogP contribution is 2.24. The van der Waals surface area contributed by atoms with Gasteiger partial charge in [0.1, 0.15) is 5.75 Å². The minimum absolute atomic E-state index is 0.210. The van der Waals surface area contributed by atoms with Gasteiger partial charge in [-0.15, -0.1) is 0 Å². The van der Waals surface area contributed by atoms with Crippen molar-refractivity contribution < 1.29 is 17.9 Å². The second kappa shape index (κ2) is 6.83. The Hall–Kier alpha value is -2.34. The van der Waals surface area contributed by atoms with Gasteiger partial charge in [-0.25, -0.2) is 8.42 Å². The lowest BCUT2D eigenvalue weighted by Gasteiger charge is -2.11. The fourth-order valence-electron chi connectivity index (χ4n) is 2.01. The average molecular weight is 333 g/mol. The van der Waals surface area contributed by atoms with Gasteiger partial charge in [-0.1, -0.05) is 12.1 Å². The predicted molar refractivity (Wildman–Crippen MR) is 89.7 cm³/mol. The van der Waals surface area contributed by atoms with E-state index in [4.69, 9.17) is 4.74 Å². The SMILES string of the molecule is COc1ccccc1NC(=O)c1ccc(S(=O)(=O)C(C)C)cc1. The summed E-state index contributed by atoms with van der Waals surface area (Å²) in [6.45, 7) is 3.25. The number of carbonyl (C=O) groups is 1. The maximum Gasteiger partial charge on any atom is 0.255 e. The Morgan fingerprint density at radius 2 is 1.65 bits per heavy atom. The molecule has 0 aliphatic carbocycles. The number of amides is 1. The van der Waals surface area contributed by atoms with Crippen LogP contribution in [-0.4, -0.2) is 26.7 Å². The largest absolute Gasteiger partial charge is 0.495 e. The van der Waals surface area contributed by atoms with Crippen molar-refractivity contribution in [1.29, 1.82) is 0 Å². The van der Waals surface area contributed by atoms with Gasteiger partial charge < -0.3 is 10.1 Å². The maximum atomic E-state index is 12.3. The summed E-state index contributed by atoms with van der Waals surface area (Å²) >= 11 is 0. The molecule has 0 aromatic heterocycles. The molecule has 23 heavy (non-hydrogen) atoms. The zero-order chi connectivity index (χ0) is 17.0. The molecule has 122 valence electrons. The Labute approximate surface area is 136 Å². The van der Waals surface area contributed by atoms with Gasteiger partial charge in [-0.05, 0) is 50.2 Å². The minimum Gasteiger partial charge on any atom is -0.495 e. The third-order valence-electron chi connectivity index (χ3n) is 3.42. The maximum absolute atomic E-state index is 12.3. The first kappa shape index (κ1) is 17.0. The highest BCUT2D eigenvalue weighted by Gasteiger charge is 2.19. The van der Waals surface area contributed by atoms with Crippen molar-refractivity contribution in [2.24, 2.45) is 0 Å². The molecule has 0 atom stereocenters. The molecule has 0 saturated carbocycles. The molecule has 5 nitrogen and oxygen atoms in total. The van der Waals surface area contributed by atoms with E-state index in [0.717, 1.165) is 0 Å². The molecule has 0 heterocycles. The molecule has 2 aromatic carbocycles. The molecule has 0 fully saturated rings. The molecule has 6 heteroatoms. The van der Waals surface area contributed by atoms with Gasteiger partial charge in [0, 0.05) is 5.56 Å². The first-order valence-corrected chi connectivity index (χ1v) is 8.69. The van der Waals surface area contributed by atoms with Crippen molar-refractivity contribution in [3.05, 3.63) is 54.1 Å². The van der Waals surface area contributed by atoms with Crippen LogP contribution in [0.5, 0.6) is 5.75 Å². The van der Waals surface area contributed by atoms with E-state index in [1.165, 1.54) is 31.4 Å². The Balaban J connectivity index is 2.21. The molecule has 1 amide bonds. The highest BCUT2D eigenvalue weighted by atomic mass is 32.2. The predicted octanol–water partition coefficient (Wildman–Crippen LogP) is 3.13. The summed E-state index contributed by atoms with van der Waals surface area (Å²) in [4.78, 5) is 12.5. The molecular weight excluding hydrogens is 314 g/mol. The quantitative estimate of drug-likeness (QED) is 0.912. The van der Waals surface area contributed by atoms with Crippen LogP contribution in [0.15, 0.2) is 53.4 Å². The molecule has 0 aliphatic rings. The van der Waals surface area contributed by atoms with Gasteiger partial charge in [0.2, 0.25) is 0 Å². The topological polar surface area (TPSA) is 72.5 Å². The molecule has 2 aromatic rings. The van der Waals surface area contributed by atoms with Crippen LogP contribution in [0.3, 0.4) is 0 Å². The van der Waals surface area contributed by atoms with Crippen LogP contribution in [0.2, 0.25) is 0 Å². The third-order valence-corrected chi connectivity index (χ3v) is 5.59. The lowest BCUT2D eigenvalue weighted by atomic mass is 10.2. The Morgan fingerprint density at radius 3 is 2.22 bits per heavy atom. The van der Waals surface area contributed by atoms with E-state index in [2.05, 4.69) is 5.32 Å². The van der Waals surface area contributed by atoms with Crippen LogP contribution in [-0.2, 0) is 9.84 Å². The van der Waals surface area contributed by atoms with Gasteiger partial charge in [-0.2, -0.15) is 0 Å². The summed E-state index contributed by atoms with van der Waals surface area (Å²) in [5.41, 5.74) is 0.928. The molecule has 2 rings (SSSR count). The summed E-state index contributed by atoms with van der Waals surface area (Å²) in [5, 5.41) is 2.24. The standard InChI is InChI=1S/C17H19NO4S/c1-12(2)23(20,21)14-10-8-13(9-11-14)17(19)18-15-6-4-5-7-16(15)22-3/h4-12H,1-3H3,(H,18,19). The number of hydrogen-bond donors (Lipinski definition) is 1. The van der Waals surface area contributed by atoms with Crippen molar-refractivity contribution in [3.63, 3.8) is 0 Å². The minimum atomic E-state index is -3.34. The number of sulfone groups is 1. The summed E-state index contributed by atoms with van der Waals surface area (Å²) in [6, 6.07) is 13.0. The molecule has 0 aliphatic heterocycles. The summed E-state index contributed by atoms with van der Waals surface area (Å²) in [6.07, 6.45) is 0. The number of anilines is 1. The van der Waals surface area contributed by atoms with Crippen LogP contribution in [0.25, 0.3) is 0 Å². The van der Waals surface area contributed by atoms with Gasteiger partial charge in [0.25, 0.3) is 5.91 Å². The fourth-order valence-corrected chi connectivity index (χ4v) is 3.07. The van der Waals surface area contributed by atoms with Crippen LogP contribution in [0, 0.1) is 0 Å². The zero-order valence-corrected chi connectivity index (χ0v) is 14.1. The van der Waals surface area contributed by atoms with E-state index in [9.17, 15) is 13.2 Å². The first-order chi connectivity index (χ1) is 10.9. The van der Waals surface area contributed by atoms with Crippen LogP contribution in [0.1, 0.15) is 24.2 Å². The van der Waals surface area contributed by atoms with E-state index in [-0.39, 0.29) is 10.8 Å². The number of methoxy groups -OCH3 is 1. The van der Waals surface area contributed by atoms with Gasteiger partial charge in [-0.3, -0.25) is 4.79 Å². The molecule has 0 radical (unpaired) electrons. The van der Waals surface area contributed by atoms with Crippen LogP contribution in [0.4, 0.5) is 5.69 Å². The van der Waals surface area contributed by atoms with Crippen LogP contribution < -0.4 is 10.1 Å². The fraction of sp³-hybridized carbons (Fsp3) is 0.235. The van der Waals surface area contributed by atoms with E-state index in [0.29, 0.717) is 17.0 Å². The smallest absolute Gasteiger partial charge is 0.255 e. The lowest BCUT2D eigenvalue weighted by Crippen LogP contribution is -2.15. The van der Waals surface area contributed by atoms with E-state index in [1.807, 2.05) is 0 Å². The zero-order valence-electron chi connectivity index (χ0n) is 13.2. The average Bonchev–Trinajstić information content (AvgIpc) is 2.55. The molecule has 0 spiro atoms. The van der Waals surface area contributed by atoms with Crippen molar-refractivity contribution in [2.75, 3.05) is 12.4 Å². The molecule has 0 bridgehead atoms. The van der Waals surface area contributed by atoms with E-state index in [1.54, 1.807) is 38.1 Å². The molecular formula is C17H19NO4S. The highest BCUT2D eigenvalue weighted by molar-refractivity contribution is 7.92. The number of ether oxygens (including phenoxy) is 1. The summed E-state index contributed by atoms with van der Waals surface area (Å²) < 4.78 is 29.3. The number of benzene rings is 2. The number of rotatable bonds is 5. The van der Waals surface area contributed by atoms with E-state index < -0.39 is 15.1 Å². The van der Waals surface area contributed by atoms with Crippen LogP contribution >= 0.6 is 0 Å². The summed E-state index contributed by atoms with van der Waals surface area (Å²) in [5.74, 6) is 0.225. The third kappa shape index (κ3) is 3.71. The molecule has 0 unspecified atom stereocenters. The van der Waals surface area contributed by atoms with Gasteiger partial charge in [0.05, 0.1) is 22.9 Å². The van der Waals surface area contributed by atoms with Crippen molar-refractivity contribution in [2.45, 2.75) is 24.0 Å². The second-order valence-corrected chi connectivity index (χ2v) is 7.78. The first-order valence-electron chi connectivity index (χ1n) is 7.14. The number of hydrogen-bond acceptors (Lipinski definition) is 4. The Morgan fingerprint density at radius 1 is 1.04 bits per heavy atom. The Kier molecular flexibility index (Phi) is 5.05. The van der Waals surface area contributed by atoms with Gasteiger partial charge in [0.15, 0.2) is 9.84 Å². The van der Waals surface area contributed by atoms with Gasteiger partial charge >= 0.3 is 0 Å². The monoisotopic (exact) mass is 333 g/mol. The number of carbonyl (C=O) groups excluding carboxylic acids is 1. The molecule has 1 N–H and O–H groups in total. The van der Waals surface area contributed by atoms with Crippen molar-refractivity contribution in [1.82, 2.24) is 0 Å². The number of para-hydroxylation sites is 2. The normalized spacial score (nSPS) is 11.3. The lowest BCUT2D eigenvalue weighted by molar-refractivity contribution is 0.102. The second-order valence-electron chi connectivity index (χ2n) is 5.27. The summed E-state index contributed by atoms with van der Waals surface area (Å²) in [7, 11) is -1.82. The number of nitrogens with one attached hydrogen (secondary N) is 1. The molecule has 0 saturated heterocycles. The Bertz CT molecular complexity index is 796.